The van der Waals surface area contributed by atoms with Crippen LogP contribution in [0.5, 0.6) is 11.5 Å². The van der Waals surface area contributed by atoms with Crippen molar-refractivity contribution in [1.82, 2.24) is 9.80 Å². The Morgan fingerprint density at radius 1 is 1.18 bits per heavy atom. The monoisotopic (exact) mass is 450 g/mol. The van der Waals surface area contributed by atoms with Gasteiger partial charge in [-0.1, -0.05) is 12.1 Å². The van der Waals surface area contributed by atoms with Crippen LogP contribution in [0.15, 0.2) is 48.0 Å². The zero-order valence-corrected chi connectivity index (χ0v) is 19.5. The van der Waals surface area contributed by atoms with E-state index in [1.807, 2.05) is 69.2 Å². The lowest BCUT2D eigenvalue weighted by Crippen LogP contribution is -2.35. The number of ketones is 1. The second-order valence-electron chi connectivity index (χ2n) is 8.75. The van der Waals surface area contributed by atoms with Crippen molar-refractivity contribution in [2.24, 2.45) is 0 Å². The molecule has 0 bridgehead atoms. The molecule has 2 aromatic rings. The van der Waals surface area contributed by atoms with E-state index in [1.54, 1.807) is 11.0 Å². The third-order valence-corrected chi connectivity index (χ3v) is 6.00. The molecule has 2 aliphatic rings. The number of carbonyl (C=O) groups excluding carboxylic acids is 2. The van der Waals surface area contributed by atoms with Crippen LogP contribution in [0.2, 0.25) is 0 Å². The third kappa shape index (κ3) is 4.46. The summed E-state index contributed by atoms with van der Waals surface area (Å²) < 4.78 is 11.3. The minimum absolute atomic E-state index is 0.0675. The lowest BCUT2D eigenvalue weighted by Gasteiger charge is -2.26. The first kappa shape index (κ1) is 22.9. The number of ether oxygens (including phenoxy) is 2. The molecule has 4 rings (SSSR count). The second-order valence-corrected chi connectivity index (χ2v) is 8.75. The average Bonchev–Trinajstić information content (AvgIpc) is 3.28. The van der Waals surface area contributed by atoms with Gasteiger partial charge >= 0.3 is 0 Å². The van der Waals surface area contributed by atoms with E-state index in [2.05, 4.69) is 0 Å². The number of aliphatic hydroxyl groups excluding tert-OH is 1. The first-order valence-corrected chi connectivity index (χ1v) is 11.3. The number of likely N-dealkylation sites (N-methyl/N-ethyl adjacent to an activating group) is 1. The van der Waals surface area contributed by atoms with Gasteiger partial charge in [0.25, 0.3) is 11.7 Å². The van der Waals surface area contributed by atoms with Crippen molar-refractivity contribution < 1.29 is 24.2 Å². The van der Waals surface area contributed by atoms with Crippen LogP contribution in [0.3, 0.4) is 0 Å². The van der Waals surface area contributed by atoms with E-state index in [9.17, 15) is 14.7 Å². The number of fused-ring (bicyclic) bond motifs is 1. The van der Waals surface area contributed by atoms with Gasteiger partial charge in [-0.2, -0.15) is 0 Å². The number of benzene rings is 2. The molecule has 2 heterocycles. The molecular formula is C26H30N2O5. The largest absolute Gasteiger partial charge is 0.507 e. The van der Waals surface area contributed by atoms with Crippen molar-refractivity contribution in [1.29, 1.82) is 0 Å². The van der Waals surface area contributed by atoms with Crippen LogP contribution in [-0.4, -0.2) is 66.5 Å². The molecule has 2 aliphatic heterocycles. The molecule has 2 aromatic carbocycles. The maximum atomic E-state index is 13.1. The minimum Gasteiger partial charge on any atom is -0.507 e. The van der Waals surface area contributed by atoms with Crippen LogP contribution in [0.1, 0.15) is 36.6 Å². The summed E-state index contributed by atoms with van der Waals surface area (Å²) in [5.41, 5.74) is 2.34. The van der Waals surface area contributed by atoms with Gasteiger partial charge in [0.2, 0.25) is 0 Å². The predicted molar refractivity (Wildman–Crippen MR) is 125 cm³/mol. The number of rotatable bonds is 7. The zero-order valence-electron chi connectivity index (χ0n) is 19.5. The Kier molecular flexibility index (Phi) is 6.42. The topological polar surface area (TPSA) is 79.3 Å². The number of hydrogen-bond donors (Lipinski definition) is 1. The van der Waals surface area contributed by atoms with Crippen molar-refractivity contribution in [3.8, 4) is 11.5 Å². The van der Waals surface area contributed by atoms with Crippen molar-refractivity contribution >= 4 is 17.4 Å². The maximum Gasteiger partial charge on any atom is 0.295 e. The van der Waals surface area contributed by atoms with Crippen LogP contribution >= 0.6 is 0 Å². The van der Waals surface area contributed by atoms with Gasteiger partial charge in [-0.15, -0.1) is 0 Å². The molecule has 1 N–H and O–H groups in total. The Morgan fingerprint density at radius 3 is 2.58 bits per heavy atom. The first-order valence-electron chi connectivity index (χ1n) is 11.3. The van der Waals surface area contributed by atoms with Gasteiger partial charge in [-0.25, -0.2) is 0 Å². The quantitative estimate of drug-likeness (QED) is 0.396. The number of carbonyl (C=O) groups is 2. The average molecular weight is 451 g/mol. The highest BCUT2D eigenvalue weighted by Crippen LogP contribution is 2.40. The summed E-state index contributed by atoms with van der Waals surface area (Å²) in [5.74, 6) is 0.0559. The Bertz CT molecular complexity index is 1090. The number of Topliss-reactive ketones (excluding diaryl/α,β-unsaturated/α-hetero) is 1. The van der Waals surface area contributed by atoms with Crippen LogP contribution in [0, 0.1) is 0 Å². The molecular weight excluding hydrogens is 420 g/mol. The van der Waals surface area contributed by atoms with Gasteiger partial charge in [0.1, 0.15) is 23.4 Å². The molecule has 1 amide bonds. The highest BCUT2D eigenvalue weighted by Gasteiger charge is 2.46. The summed E-state index contributed by atoms with van der Waals surface area (Å²) in [5, 5.41) is 11.3. The van der Waals surface area contributed by atoms with Gasteiger partial charge in [-0.3, -0.25) is 9.59 Å². The highest BCUT2D eigenvalue weighted by molar-refractivity contribution is 6.46. The molecule has 2 unspecified atom stereocenters. The van der Waals surface area contributed by atoms with E-state index in [-0.39, 0.29) is 17.4 Å². The third-order valence-electron chi connectivity index (χ3n) is 6.00. The molecule has 0 saturated carbocycles. The molecule has 0 aliphatic carbocycles. The summed E-state index contributed by atoms with van der Waals surface area (Å²) >= 11 is 0. The van der Waals surface area contributed by atoms with Crippen LogP contribution in [0.25, 0.3) is 5.76 Å². The zero-order chi connectivity index (χ0) is 23.7. The summed E-state index contributed by atoms with van der Waals surface area (Å²) in [7, 11) is 3.83. The van der Waals surface area contributed by atoms with Gasteiger partial charge in [-0.05, 0) is 69.4 Å². The predicted octanol–water partition coefficient (Wildman–Crippen LogP) is 3.39. The van der Waals surface area contributed by atoms with Crippen molar-refractivity contribution in [3.05, 3.63) is 64.7 Å². The molecule has 33 heavy (non-hydrogen) atoms. The second kappa shape index (κ2) is 9.27. The number of likely N-dealkylation sites (tertiary alicyclic amines) is 1. The molecule has 2 atom stereocenters. The van der Waals surface area contributed by atoms with Crippen LogP contribution in [0.4, 0.5) is 0 Å². The highest BCUT2D eigenvalue weighted by atomic mass is 16.5. The Morgan fingerprint density at radius 2 is 1.91 bits per heavy atom. The van der Waals surface area contributed by atoms with E-state index in [0.29, 0.717) is 31.0 Å². The van der Waals surface area contributed by atoms with Crippen LogP contribution in [-0.2, 0) is 16.0 Å². The normalized spacial score (nSPS) is 21.4. The van der Waals surface area contributed by atoms with Gasteiger partial charge in [0.05, 0.1) is 18.2 Å². The first-order chi connectivity index (χ1) is 15.8. The number of nitrogens with zero attached hydrogens (tertiary/aromatic N) is 2. The molecule has 7 nitrogen and oxygen atoms in total. The molecule has 174 valence electrons. The molecule has 0 radical (unpaired) electrons. The molecule has 1 fully saturated rings. The fraction of sp³-hybridized carbons (Fsp3) is 0.385. The molecule has 1 saturated heterocycles. The van der Waals surface area contributed by atoms with E-state index < -0.39 is 17.7 Å². The van der Waals surface area contributed by atoms with Crippen LogP contribution < -0.4 is 9.47 Å². The van der Waals surface area contributed by atoms with E-state index in [0.717, 1.165) is 23.3 Å². The smallest absolute Gasteiger partial charge is 0.295 e. The Hall–Kier alpha value is -3.32. The summed E-state index contributed by atoms with van der Waals surface area (Å²) in [4.78, 5) is 29.7. The number of hydrogen-bond acceptors (Lipinski definition) is 6. The van der Waals surface area contributed by atoms with E-state index in [4.69, 9.17) is 9.47 Å². The van der Waals surface area contributed by atoms with Crippen molar-refractivity contribution in [2.75, 3.05) is 33.8 Å². The Balaban J connectivity index is 1.79. The fourth-order valence-electron chi connectivity index (χ4n) is 4.40. The van der Waals surface area contributed by atoms with E-state index >= 15 is 0 Å². The Labute approximate surface area is 194 Å². The molecule has 7 heteroatoms. The molecule has 0 spiro atoms. The van der Waals surface area contributed by atoms with Crippen molar-refractivity contribution in [3.63, 3.8) is 0 Å². The SMILES string of the molecule is CCOc1ccc(C2/C(=C(\O)c3ccc4c(c3)CC(C)O4)C(=O)C(=O)N2CCN(C)C)cc1. The summed E-state index contributed by atoms with van der Waals surface area (Å²) in [6, 6.07) is 12.0. The molecule has 0 aromatic heterocycles. The van der Waals surface area contributed by atoms with Gasteiger partial charge in [0, 0.05) is 25.1 Å². The van der Waals surface area contributed by atoms with Gasteiger partial charge in [0.15, 0.2) is 0 Å². The van der Waals surface area contributed by atoms with E-state index in [1.165, 1.54) is 0 Å². The lowest BCUT2D eigenvalue weighted by atomic mass is 9.94. The van der Waals surface area contributed by atoms with Gasteiger partial charge < -0.3 is 24.4 Å². The summed E-state index contributed by atoms with van der Waals surface area (Å²) in [6.45, 7) is 5.39. The lowest BCUT2D eigenvalue weighted by molar-refractivity contribution is -0.140. The van der Waals surface area contributed by atoms with Crippen molar-refractivity contribution in [2.45, 2.75) is 32.4 Å². The minimum atomic E-state index is -0.677. The number of aliphatic hydroxyl groups is 1. The fourth-order valence-corrected chi connectivity index (χ4v) is 4.40. The number of amides is 1. The summed E-state index contributed by atoms with van der Waals surface area (Å²) in [6.07, 6.45) is 0.800. The maximum absolute atomic E-state index is 13.1. The standard InChI is InChI=1S/C26H30N2O5/c1-5-32-20-9-6-17(7-10-20)23-22(25(30)26(31)28(23)13-12-27(3)4)24(29)18-8-11-21-19(15-18)14-16(2)33-21/h6-11,15-16,23,29H,5,12-14H2,1-4H3/b24-22+.